The Balaban J connectivity index is 2.14. The zero-order valence-electron chi connectivity index (χ0n) is 12.2. The molecule has 0 fully saturated rings. The molecule has 5 heteroatoms. The van der Waals surface area contributed by atoms with Gasteiger partial charge in [0.05, 0.1) is 18.3 Å². The lowest BCUT2D eigenvalue weighted by Gasteiger charge is -2.14. The number of benzene rings is 2. The Labute approximate surface area is 138 Å². The molecule has 0 aliphatic rings. The molecule has 1 N–H and O–H groups in total. The molecule has 3 nitrogen and oxygen atoms in total. The van der Waals surface area contributed by atoms with Gasteiger partial charge in [0.15, 0.2) is 0 Å². The van der Waals surface area contributed by atoms with Gasteiger partial charge in [0.1, 0.15) is 5.75 Å². The van der Waals surface area contributed by atoms with Crippen LogP contribution in [0.3, 0.4) is 0 Å². The molecule has 0 saturated heterocycles. The van der Waals surface area contributed by atoms with Gasteiger partial charge in [0.2, 0.25) is 0 Å². The maximum Gasteiger partial charge on any atom is 0.142 e. The van der Waals surface area contributed by atoms with E-state index in [2.05, 4.69) is 10.3 Å². The van der Waals surface area contributed by atoms with Gasteiger partial charge in [0, 0.05) is 26.8 Å². The summed E-state index contributed by atoms with van der Waals surface area (Å²) in [6, 6.07) is 13.0. The summed E-state index contributed by atoms with van der Waals surface area (Å²) in [4.78, 5) is 4.52. The SMILES string of the molecule is COc1ccc(Cl)cc1Nc1cc(C)nc2ccc(Cl)cc12. The van der Waals surface area contributed by atoms with Gasteiger partial charge in [0.25, 0.3) is 0 Å². The van der Waals surface area contributed by atoms with Crippen LogP contribution in [-0.2, 0) is 0 Å². The second-order valence-electron chi connectivity index (χ2n) is 4.94. The minimum atomic E-state index is 0.636. The molecule has 0 amide bonds. The summed E-state index contributed by atoms with van der Waals surface area (Å²) in [5.74, 6) is 0.717. The number of anilines is 2. The maximum atomic E-state index is 6.12. The lowest BCUT2D eigenvalue weighted by molar-refractivity contribution is 0.417. The third-order valence-electron chi connectivity index (χ3n) is 3.33. The fraction of sp³-hybridized carbons (Fsp3) is 0.118. The summed E-state index contributed by atoms with van der Waals surface area (Å²) >= 11 is 12.2. The van der Waals surface area contributed by atoms with Gasteiger partial charge >= 0.3 is 0 Å². The topological polar surface area (TPSA) is 34.1 Å². The van der Waals surface area contributed by atoms with Crippen LogP contribution in [0.5, 0.6) is 5.75 Å². The van der Waals surface area contributed by atoms with Crippen molar-refractivity contribution in [3.05, 3.63) is 58.2 Å². The van der Waals surface area contributed by atoms with Crippen molar-refractivity contribution in [3.63, 3.8) is 0 Å². The van der Waals surface area contributed by atoms with Crippen LogP contribution >= 0.6 is 23.2 Å². The number of aromatic nitrogens is 1. The highest BCUT2D eigenvalue weighted by atomic mass is 35.5. The van der Waals surface area contributed by atoms with Crippen molar-refractivity contribution >= 4 is 45.5 Å². The Morgan fingerprint density at radius 2 is 1.68 bits per heavy atom. The number of hydrogen-bond acceptors (Lipinski definition) is 3. The third-order valence-corrected chi connectivity index (χ3v) is 3.80. The lowest BCUT2D eigenvalue weighted by Crippen LogP contribution is -1.97. The Bertz CT molecular complexity index is 849. The molecule has 0 atom stereocenters. The van der Waals surface area contributed by atoms with E-state index in [1.807, 2.05) is 43.3 Å². The van der Waals surface area contributed by atoms with E-state index < -0.39 is 0 Å². The summed E-state index contributed by atoms with van der Waals surface area (Å²) in [6.07, 6.45) is 0. The number of nitrogens with zero attached hydrogens (tertiary/aromatic N) is 1. The van der Waals surface area contributed by atoms with Crippen molar-refractivity contribution in [2.45, 2.75) is 6.92 Å². The van der Waals surface area contributed by atoms with Crippen LogP contribution in [0, 0.1) is 6.92 Å². The van der Waals surface area contributed by atoms with Gasteiger partial charge in [-0.1, -0.05) is 23.2 Å². The van der Waals surface area contributed by atoms with E-state index in [9.17, 15) is 0 Å². The number of hydrogen-bond donors (Lipinski definition) is 1. The lowest BCUT2D eigenvalue weighted by atomic mass is 10.1. The summed E-state index contributed by atoms with van der Waals surface area (Å²) in [5.41, 5.74) is 3.50. The second kappa shape index (κ2) is 6.03. The van der Waals surface area contributed by atoms with Crippen molar-refractivity contribution in [3.8, 4) is 5.75 Å². The number of fused-ring (bicyclic) bond motifs is 1. The Hall–Kier alpha value is -1.97. The van der Waals surface area contributed by atoms with Gasteiger partial charge in [-0.15, -0.1) is 0 Å². The van der Waals surface area contributed by atoms with Crippen LogP contribution in [0.15, 0.2) is 42.5 Å². The number of nitrogens with one attached hydrogen (secondary N) is 1. The molecule has 1 heterocycles. The minimum Gasteiger partial charge on any atom is -0.495 e. The van der Waals surface area contributed by atoms with Crippen molar-refractivity contribution in [1.82, 2.24) is 4.98 Å². The predicted molar refractivity (Wildman–Crippen MR) is 92.8 cm³/mol. The van der Waals surface area contributed by atoms with Gasteiger partial charge in [-0.05, 0) is 49.4 Å². The molecule has 0 saturated carbocycles. The maximum absolute atomic E-state index is 6.12. The highest BCUT2D eigenvalue weighted by Crippen LogP contribution is 2.34. The molecule has 22 heavy (non-hydrogen) atoms. The molecule has 0 radical (unpaired) electrons. The third kappa shape index (κ3) is 2.96. The van der Waals surface area contributed by atoms with Crippen LogP contribution in [0.2, 0.25) is 10.0 Å². The van der Waals surface area contributed by atoms with Crippen LogP contribution < -0.4 is 10.1 Å². The average Bonchev–Trinajstić information content (AvgIpc) is 2.48. The fourth-order valence-corrected chi connectivity index (χ4v) is 2.70. The van der Waals surface area contributed by atoms with Gasteiger partial charge < -0.3 is 10.1 Å². The molecule has 0 aliphatic heterocycles. The van der Waals surface area contributed by atoms with Gasteiger partial charge in [-0.25, -0.2) is 0 Å². The number of rotatable bonds is 3. The number of pyridine rings is 1. The molecule has 112 valence electrons. The van der Waals surface area contributed by atoms with E-state index in [0.29, 0.717) is 15.8 Å². The van der Waals surface area contributed by atoms with E-state index in [1.165, 1.54) is 0 Å². The van der Waals surface area contributed by atoms with E-state index in [1.54, 1.807) is 13.2 Å². The van der Waals surface area contributed by atoms with E-state index in [0.717, 1.165) is 28.0 Å². The molecule has 3 aromatic rings. The Morgan fingerprint density at radius 3 is 2.45 bits per heavy atom. The molecule has 0 bridgehead atoms. The Morgan fingerprint density at radius 1 is 0.955 bits per heavy atom. The smallest absolute Gasteiger partial charge is 0.142 e. The summed E-state index contributed by atoms with van der Waals surface area (Å²) in [7, 11) is 1.63. The molecule has 1 aromatic heterocycles. The molecule has 2 aromatic carbocycles. The van der Waals surface area contributed by atoms with Gasteiger partial charge in [-0.3, -0.25) is 4.98 Å². The molecular formula is C17H14Cl2N2O. The van der Waals surface area contributed by atoms with Crippen molar-refractivity contribution in [1.29, 1.82) is 0 Å². The van der Waals surface area contributed by atoms with E-state index in [4.69, 9.17) is 27.9 Å². The van der Waals surface area contributed by atoms with E-state index >= 15 is 0 Å². The monoisotopic (exact) mass is 332 g/mol. The largest absolute Gasteiger partial charge is 0.495 e. The molecule has 0 spiro atoms. The summed E-state index contributed by atoms with van der Waals surface area (Å²) in [6.45, 7) is 1.95. The summed E-state index contributed by atoms with van der Waals surface area (Å²) < 4.78 is 5.38. The van der Waals surface area contributed by atoms with Crippen LogP contribution in [0.1, 0.15) is 5.69 Å². The van der Waals surface area contributed by atoms with Crippen LogP contribution in [0.4, 0.5) is 11.4 Å². The van der Waals surface area contributed by atoms with Crippen LogP contribution in [-0.4, -0.2) is 12.1 Å². The number of methoxy groups -OCH3 is 1. The van der Waals surface area contributed by atoms with Crippen molar-refractivity contribution in [2.24, 2.45) is 0 Å². The highest BCUT2D eigenvalue weighted by molar-refractivity contribution is 6.31. The summed E-state index contributed by atoms with van der Waals surface area (Å²) in [5, 5.41) is 5.61. The minimum absolute atomic E-state index is 0.636. The first-order valence-corrected chi connectivity index (χ1v) is 7.50. The molecule has 0 unspecified atom stereocenters. The highest BCUT2D eigenvalue weighted by Gasteiger charge is 2.09. The standard InChI is InChI=1S/C17H14Cl2N2O/c1-10-7-15(13-8-11(18)3-5-14(13)20-10)21-16-9-12(19)4-6-17(16)22-2/h3-9H,1-2H3,(H,20,21). The first-order valence-electron chi connectivity index (χ1n) is 6.74. The first-order chi connectivity index (χ1) is 10.6. The predicted octanol–water partition coefficient (Wildman–Crippen LogP) is 5.60. The number of aryl methyl sites for hydroxylation is 1. The van der Waals surface area contributed by atoms with Gasteiger partial charge in [-0.2, -0.15) is 0 Å². The average molecular weight is 333 g/mol. The zero-order valence-corrected chi connectivity index (χ0v) is 13.7. The van der Waals surface area contributed by atoms with Crippen LogP contribution in [0.25, 0.3) is 10.9 Å². The Kier molecular flexibility index (Phi) is 4.10. The first kappa shape index (κ1) is 14.9. The quantitative estimate of drug-likeness (QED) is 0.677. The normalized spacial score (nSPS) is 10.7. The molecule has 3 rings (SSSR count). The number of ether oxygens (including phenoxy) is 1. The fourth-order valence-electron chi connectivity index (χ4n) is 2.36. The second-order valence-corrected chi connectivity index (χ2v) is 5.82. The molecule has 0 aliphatic carbocycles. The zero-order chi connectivity index (χ0) is 15.7. The number of halogens is 2. The van der Waals surface area contributed by atoms with Crippen molar-refractivity contribution < 1.29 is 4.74 Å². The molecular weight excluding hydrogens is 319 g/mol. The van der Waals surface area contributed by atoms with E-state index in [-0.39, 0.29) is 0 Å². The van der Waals surface area contributed by atoms with Crippen molar-refractivity contribution in [2.75, 3.05) is 12.4 Å².